The predicted octanol–water partition coefficient (Wildman–Crippen LogP) is 1.99. The molecule has 2 rings (SSSR count). The molecule has 6 nitrogen and oxygen atoms in total. The Morgan fingerprint density at radius 2 is 2.23 bits per heavy atom. The van der Waals surface area contributed by atoms with E-state index in [-0.39, 0.29) is 11.9 Å². The zero-order valence-corrected chi connectivity index (χ0v) is 13.4. The first kappa shape index (κ1) is 16.5. The average molecular weight is 326 g/mol. The molecule has 1 fully saturated rings. The van der Waals surface area contributed by atoms with Crippen molar-refractivity contribution in [1.29, 1.82) is 0 Å². The summed E-state index contributed by atoms with van der Waals surface area (Å²) in [6.45, 7) is 2.20. The summed E-state index contributed by atoms with van der Waals surface area (Å²) in [6.07, 6.45) is 3.67. The summed E-state index contributed by atoms with van der Waals surface area (Å²) in [5.41, 5.74) is 0.0783. The van der Waals surface area contributed by atoms with Crippen LogP contribution in [0.3, 0.4) is 0 Å². The first-order chi connectivity index (χ1) is 10.5. The summed E-state index contributed by atoms with van der Waals surface area (Å²) >= 11 is 5.98. The molecule has 1 unspecified atom stereocenters. The van der Waals surface area contributed by atoms with Crippen molar-refractivity contribution in [3.05, 3.63) is 23.5 Å². The lowest BCUT2D eigenvalue weighted by Crippen LogP contribution is -2.43. The fourth-order valence-electron chi connectivity index (χ4n) is 2.23. The number of hydrogen-bond acceptors (Lipinski definition) is 5. The first-order valence-electron chi connectivity index (χ1n) is 7.25. The Labute approximate surface area is 134 Å². The van der Waals surface area contributed by atoms with Crippen LogP contribution in [-0.2, 0) is 14.3 Å². The minimum atomic E-state index is -0.533. The molecule has 0 radical (unpaired) electrons. The van der Waals surface area contributed by atoms with E-state index in [0.717, 1.165) is 12.8 Å². The molecule has 120 valence electrons. The van der Waals surface area contributed by atoms with E-state index in [1.54, 1.807) is 18.3 Å². The Morgan fingerprint density at radius 3 is 2.77 bits per heavy atom. The highest BCUT2D eigenvalue weighted by molar-refractivity contribution is 6.32. The lowest BCUT2D eigenvalue weighted by Gasteiger charge is -2.20. The third-order valence-corrected chi connectivity index (χ3v) is 4.19. The second kappa shape index (κ2) is 6.96. The van der Waals surface area contributed by atoms with Gasteiger partial charge < -0.3 is 15.4 Å². The molecular weight excluding hydrogens is 306 g/mol. The molecule has 22 heavy (non-hydrogen) atoms. The first-order valence-corrected chi connectivity index (χ1v) is 7.63. The molecule has 1 aromatic heterocycles. The minimum absolute atomic E-state index is 0.169. The summed E-state index contributed by atoms with van der Waals surface area (Å²) in [6, 6.07) is 3.08. The topological polar surface area (TPSA) is 80.3 Å². The molecular formula is C15H20ClN3O3. The molecule has 1 amide bonds. The highest BCUT2D eigenvalue weighted by Crippen LogP contribution is 2.46. The lowest BCUT2D eigenvalue weighted by atomic mass is 10.1. The Hall–Kier alpha value is -1.82. The molecule has 1 atom stereocenters. The standard InChI is InChI=1S/C15H20ClN3O3/c1-3-10(19-11-5-4-8-17-12(11)16)13(20)18-9-15(6-7-15)14(21)22-2/h4-5,8,10,19H,3,6-7,9H2,1-2H3,(H,18,20). The number of carbonyl (C=O) groups is 2. The monoisotopic (exact) mass is 325 g/mol. The molecule has 1 aliphatic rings. The van der Waals surface area contributed by atoms with E-state index < -0.39 is 11.5 Å². The van der Waals surface area contributed by atoms with Crippen LogP contribution in [0.5, 0.6) is 0 Å². The summed E-state index contributed by atoms with van der Waals surface area (Å²) in [5.74, 6) is -0.429. The van der Waals surface area contributed by atoms with Gasteiger partial charge in [-0.3, -0.25) is 9.59 Å². The van der Waals surface area contributed by atoms with Gasteiger partial charge in [0.15, 0.2) is 5.15 Å². The van der Waals surface area contributed by atoms with Crippen molar-refractivity contribution in [3.63, 3.8) is 0 Å². The lowest BCUT2D eigenvalue weighted by molar-refractivity contribution is -0.147. The molecule has 7 heteroatoms. The second-order valence-corrected chi connectivity index (χ2v) is 5.79. The summed E-state index contributed by atoms with van der Waals surface area (Å²) in [5, 5.41) is 6.22. The molecule has 1 aliphatic carbocycles. The van der Waals surface area contributed by atoms with Gasteiger partial charge in [0.1, 0.15) is 6.04 Å². The quantitative estimate of drug-likeness (QED) is 0.592. The SMILES string of the molecule is CCC(Nc1cccnc1Cl)C(=O)NCC1(C(=O)OC)CC1. The number of ether oxygens (including phenoxy) is 1. The van der Waals surface area contributed by atoms with E-state index in [1.165, 1.54) is 7.11 Å². The molecule has 0 aliphatic heterocycles. The second-order valence-electron chi connectivity index (χ2n) is 5.44. The van der Waals surface area contributed by atoms with Crippen LogP contribution in [0.2, 0.25) is 5.15 Å². The third kappa shape index (κ3) is 3.68. The van der Waals surface area contributed by atoms with Gasteiger partial charge in [-0.05, 0) is 31.4 Å². The summed E-state index contributed by atoms with van der Waals surface area (Å²) < 4.78 is 4.78. The van der Waals surface area contributed by atoms with E-state index in [9.17, 15) is 9.59 Å². The van der Waals surface area contributed by atoms with Gasteiger partial charge in [-0.15, -0.1) is 0 Å². The third-order valence-electron chi connectivity index (χ3n) is 3.89. The number of pyridine rings is 1. The maximum Gasteiger partial charge on any atom is 0.313 e. The number of hydrogen-bond donors (Lipinski definition) is 2. The van der Waals surface area contributed by atoms with Crippen LogP contribution in [0, 0.1) is 5.41 Å². The van der Waals surface area contributed by atoms with Crippen molar-refractivity contribution in [2.24, 2.45) is 5.41 Å². The molecule has 1 aromatic rings. The number of nitrogens with zero attached hydrogens (tertiary/aromatic N) is 1. The number of methoxy groups -OCH3 is 1. The van der Waals surface area contributed by atoms with Crippen molar-refractivity contribution in [3.8, 4) is 0 Å². The fourth-order valence-corrected chi connectivity index (χ4v) is 2.41. The number of nitrogens with one attached hydrogen (secondary N) is 2. The van der Waals surface area contributed by atoms with Gasteiger partial charge in [-0.2, -0.15) is 0 Å². The van der Waals surface area contributed by atoms with Crippen LogP contribution in [0.1, 0.15) is 26.2 Å². The van der Waals surface area contributed by atoms with Crippen LogP contribution >= 0.6 is 11.6 Å². The van der Waals surface area contributed by atoms with Crippen molar-refractivity contribution in [1.82, 2.24) is 10.3 Å². The van der Waals surface area contributed by atoms with Gasteiger partial charge in [0.2, 0.25) is 5.91 Å². The maximum absolute atomic E-state index is 12.3. The van der Waals surface area contributed by atoms with Crippen molar-refractivity contribution < 1.29 is 14.3 Å². The van der Waals surface area contributed by atoms with Crippen molar-refractivity contribution in [2.45, 2.75) is 32.2 Å². The van der Waals surface area contributed by atoms with E-state index in [0.29, 0.717) is 23.8 Å². The number of esters is 1. The van der Waals surface area contributed by atoms with Crippen LogP contribution < -0.4 is 10.6 Å². The largest absolute Gasteiger partial charge is 0.469 e. The molecule has 0 bridgehead atoms. The molecule has 0 saturated heterocycles. The van der Waals surface area contributed by atoms with Crippen LogP contribution in [0.15, 0.2) is 18.3 Å². The van der Waals surface area contributed by atoms with Gasteiger partial charge >= 0.3 is 5.97 Å². The summed E-state index contributed by atoms with van der Waals surface area (Å²) in [7, 11) is 1.37. The molecule has 0 spiro atoms. The fraction of sp³-hybridized carbons (Fsp3) is 0.533. The Balaban J connectivity index is 1.92. The predicted molar refractivity (Wildman–Crippen MR) is 83.6 cm³/mol. The number of amides is 1. The van der Waals surface area contributed by atoms with E-state index in [1.807, 2.05) is 6.92 Å². The Morgan fingerprint density at radius 1 is 1.50 bits per heavy atom. The molecule has 1 heterocycles. The number of aromatic nitrogens is 1. The van der Waals surface area contributed by atoms with E-state index >= 15 is 0 Å². The maximum atomic E-state index is 12.3. The highest BCUT2D eigenvalue weighted by Gasteiger charge is 2.51. The molecule has 2 N–H and O–H groups in total. The highest BCUT2D eigenvalue weighted by atomic mass is 35.5. The number of anilines is 1. The Bertz CT molecular complexity index is 561. The van der Waals surface area contributed by atoms with Gasteiger partial charge in [-0.25, -0.2) is 4.98 Å². The average Bonchev–Trinajstić information content (AvgIpc) is 3.32. The van der Waals surface area contributed by atoms with E-state index in [2.05, 4.69) is 15.6 Å². The van der Waals surface area contributed by atoms with Crippen molar-refractivity contribution in [2.75, 3.05) is 19.0 Å². The zero-order chi connectivity index (χ0) is 16.2. The summed E-state index contributed by atoms with van der Waals surface area (Å²) in [4.78, 5) is 27.9. The number of halogens is 1. The van der Waals surface area contributed by atoms with Gasteiger partial charge in [-0.1, -0.05) is 18.5 Å². The van der Waals surface area contributed by atoms with E-state index in [4.69, 9.17) is 16.3 Å². The Kier molecular flexibility index (Phi) is 5.24. The normalized spacial score (nSPS) is 16.5. The van der Waals surface area contributed by atoms with Gasteiger partial charge in [0, 0.05) is 12.7 Å². The van der Waals surface area contributed by atoms with Crippen molar-refractivity contribution >= 4 is 29.2 Å². The number of rotatable bonds is 7. The van der Waals surface area contributed by atoms with Gasteiger partial charge in [0.05, 0.1) is 18.2 Å². The van der Waals surface area contributed by atoms with Crippen LogP contribution in [-0.4, -0.2) is 36.6 Å². The van der Waals surface area contributed by atoms with Crippen LogP contribution in [0.25, 0.3) is 0 Å². The molecule has 1 saturated carbocycles. The molecule has 0 aromatic carbocycles. The minimum Gasteiger partial charge on any atom is -0.469 e. The van der Waals surface area contributed by atoms with Crippen LogP contribution in [0.4, 0.5) is 5.69 Å². The smallest absolute Gasteiger partial charge is 0.313 e. The number of carbonyl (C=O) groups excluding carboxylic acids is 2. The zero-order valence-electron chi connectivity index (χ0n) is 12.7. The van der Waals surface area contributed by atoms with Gasteiger partial charge in [0.25, 0.3) is 0 Å².